The van der Waals surface area contributed by atoms with Gasteiger partial charge in [-0.15, -0.1) is 0 Å². The molecule has 1 fully saturated rings. The number of aliphatic hydroxyl groups excluding tert-OH is 2. The van der Waals surface area contributed by atoms with Gasteiger partial charge >= 0.3 is 0 Å². The Labute approximate surface area is 217 Å². The van der Waals surface area contributed by atoms with Crippen LogP contribution in [0.4, 0.5) is 0 Å². The molecule has 0 amide bonds. The van der Waals surface area contributed by atoms with Gasteiger partial charge in [0.25, 0.3) is 0 Å². The highest BCUT2D eigenvalue weighted by molar-refractivity contribution is 6.24. The first-order valence-corrected chi connectivity index (χ1v) is 12.8. The Bertz CT molecular complexity index is 1340. The molecule has 1 saturated carbocycles. The quantitative estimate of drug-likeness (QED) is 0.421. The lowest BCUT2D eigenvalue weighted by molar-refractivity contribution is -0.178. The molecule has 3 aliphatic rings. The SMILES string of the molecule is CC/C=C(/C)c1ccc(O)c2c1C[C@]1(C)C[C@]3(C)C(C(C)C)C(=O)C(C(C)=O)=C(O)[C@]3(O)C(=O)C1=C2O. The molecule has 0 radical (unpaired) electrons. The Balaban J connectivity index is 2.09. The van der Waals surface area contributed by atoms with E-state index in [9.17, 15) is 34.8 Å². The van der Waals surface area contributed by atoms with E-state index in [2.05, 4.69) is 0 Å². The summed E-state index contributed by atoms with van der Waals surface area (Å²) in [7, 11) is 0. The zero-order valence-electron chi connectivity index (χ0n) is 22.5. The molecule has 4 N–H and O–H groups in total. The summed E-state index contributed by atoms with van der Waals surface area (Å²) in [6.07, 6.45) is 3.17. The van der Waals surface area contributed by atoms with Crippen molar-refractivity contribution in [2.24, 2.45) is 22.7 Å². The van der Waals surface area contributed by atoms with Gasteiger partial charge in [-0.2, -0.15) is 0 Å². The standard InChI is InChI=1S/C30H36O7/c1-8-9-15(4)17-10-11-19(32)21-18(17)12-28(6)13-29(7)22(14(2)3)24(33)20(16(5)31)26(35)30(29,37)27(36)23(28)25(21)34/h9-11,14,22,32,34-35,37H,8,12-13H2,1-7H3/b15-9-/t22?,28-,29-,30+/m1/s1. The van der Waals surface area contributed by atoms with E-state index >= 15 is 0 Å². The van der Waals surface area contributed by atoms with Crippen molar-refractivity contribution < 1.29 is 34.8 Å². The normalized spacial score (nSPS) is 31.9. The minimum atomic E-state index is -2.59. The fraction of sp³-hybridized carbons (Fsp3) is 0.500. The van der Waals surface area contributed by atoms with Gasteiger partial charge in [0.05, 0.1) is 5.56 Å². The number of aromatic hydroxyl groups is 1. The van der Waals surface area contributed by atoms with Crippen molar-refractivity contribution in [2.75, 3.05) is 0 Å². The van der Waals surface area contributed by atoms with E-state index in [0.29, 0.717) is 5.56 Å². The molecule has 1 aromatic rings. The number of phenols is 1. The molecule has 0 heterocycles. The van der Waals surface area contributed by atoms with Gasteiger partial charge in [-0.05, 0) is 61.8 Å². The van der Waals surface area contributed by atoms with Crippen LogP contribution in [0.3, 0.4) is 0 Å². The fourth-order valence-corrected chi connectivity index (χ4v) is 7.50. The number of hydrogen-bond donors (Lipinski definition) is 4. The number of allylic oxidation sites excluding steroid dienone is 3. The van der Waals surface area contributed by atoms with E-state index in [1.807, 2.05) is 19.9 Å². The van der Waals surface area contributed by atoms with Crippen molar-refractivity contribution in [3.8, 4) is 5.75 Å². The van der Waals surface area contributed by atoms with Crippen molar-refractivity contribution in [3.63, 3.8) is 0 Å². The first-order valence-electron chi connectivity index (χ1n) is 12.8. The number of Topliss-reactive ketones (excluding diaryl/α,β-unsaturated/α-hetero) is 3. The second-order valence-corrected chi connectivity index (χ2v) is 11.7. The topological polar surface area (TPSA) is 132 Å². The van der Waals surface area contributed by atoms with Crippen LogP contribution in [-0.4, -0.2) is 43.4 Å². The average molecular weight is 509 g/mol. The number of phenolic OH excluding ortho intramolecular Hbond substituents is 1. The third-order valence-electron chi connectivity index (χ3n) is 8.82. The zero-order valence-corrected chi connectivity index (χ0v) is 22.5. The van der Waals surface area contributed by atoms with Crippen LogP contribution in [-0.2, 0) is 20.8 Å². The van der Waals surface area contributed by atoms with Crippen LogP contribution in [0.15, 0.2) is 35.1 Å². The number of fused-ring (bicyclic) bond motifs is 3. The third kappa shape index (κ3) is 3.32. The van der Waals surface area contributed by atoms with Gasteiger partial charge in [-0.1, -0.05) is 46.8 Å². The molecule has 1 unspecified atom stereocenters. The summed E-state index contributed by atoms with van der Waals surface area (Å²) in [5.74, 6) is -5.17. The van der Waals surface area contributed by atoms with Crippen LogP contribution in [0, 0.1) is 22.7 Å². The van der Waals surface area contributed by atoms with E-state index in [-0.39, 0.29) is 35.6 Å². The Kier molecular flexibility index (Phi) is 6.11. The van der Waals surface area contributed by atoms with E-state index in [1.54, 1.807) is 33.8 Å². The van der Waals surface area contributed by atoms with Crippen LogP contribution in [0.5, 0.6) is 5.75 Å². The Morgan fingerprint density at radius 3 is 2.30 bits per heavy atom. The van der Waals surface area contributed by atoms with Crippen LogP contribution in [0.25, 0.3) is 11.3 Å². The molecule has 0 bridgehead atoms. The average Bonchev–Trinajstić information content (AvgIpc) is 2.75. The largest absolute Gasteiger partial charge is 0.508 e. The van der Waals surface area contributed by atoms with Gasteiger partial charge in [-0.25, -0.2) is 0 Å². The minimum absolute atomic E-state index is 0.0799. The van der Waals surface area contributed by atoms with Crippen molar-refractivity contribution in [1.82, 2.24) is 0 Å². The van der Waals surface area contributed by atoms with E-state index in [0.717, 1.165) is 24.5 Å². The second-order valence-electron chi connectivity index (χ2n) is 11.7. The van der Waals surface area contributed by atoms with Gasteiger partial charge in [-0.3, -0.25) is 14.4 Å². The Hall–Kier alpha value is -3.19. The van der Waals surface area contributed by atoms with Gasteiger partial charge in [0.15, 0.2) is 17.2 Å². The lowest BCUT2D eigenvalue weighted by Crippen LogP contribution is -2.69. The van der Waals surface area contributed by atoms with Crippen LogP contribution in [0.1, 0.15) is 78.0 Å². The maximum absolute atomic E-state index is 14.3. The highest BCUT2D eigenvalue weighted by atomic mass is 16.3. The van der Waals surface area contributed by atoms with E-state index in [1.165, 1.54) is 6.07 Å². The number of benzene rings is 1. The predicted octanol–water partition coefficient (Wildman–Crippen LogP) is 5.00. The molecule has 3 aliphatic carbocycles. The molecule has 4 atom stereocenters. The van der Waals surface area contributed by atoms with Crippen LogP contribution in [0.2, 0.25) is 0 Å². The molecule has 0 aromatic heterocycles. The first kappa shape index (κ1) is 26.9. The summed E-state index contributed by atoms with van der Waals surface area (Å²) >= 11 is 0. The summed E-state index contributed by atoms with van der Waals surface area (Å²) in [6.45, 7) is 12.1. The summed E-state index contributed by atoms with van der Waals surface area (Å²) < 4.78 is 0. The monoisotopic (exact) mass is 508 g/mol. The second kappa shape index (κ2) is 8.42. The number of ketones is 3. The molecule has 0 saturated heterocycles. The fourth-order valence-electron chi connectivity index (χ4n) is 7.50. The molecule has 7 heteroatoms. The number of carbonyl (C=O) groups is 3. The third-order valence-corrected chi connectivity index (χ3v) is 8.82. The lowest BCUT2D eigenvalue weighted by atomic mass is 9.43. The van der Waals surface area contributed by atoms with E-state index in [4.69, 9.17) is 0 Å². The summed E-state index contributed by atoms with van der Waals surface area (Å²) in [5.41, 5.74) is -3.16. The highest BCUT2D eigenvalue weighted by Crippen LogP contribution is 2.65. The molecule has 7 nitrogen and oxygen atoms in total. The number of hydrogen-bond acceptors (Lipinski definition) is 7. The maximum Gasteiger partial charge on any atom is 0.203 e. The Morgan fingerprint density at radius 2 is 1.76 bits per heavy atom. The van der Waals surface area contributed by atoms with Crippen molar-refractivity contribution in [3.05, 3.63) is 51.8 Å². The predicted molar refractivity (Wildman–Crippen MR) is 140 cm³/mol. The molecule has 0 aliphatic heterocycles. The minimum Gasteiger partial charge on any atom is -0.508 e. The molecular weight excluding hydrogens is 472 g/mol. The van der Waals surface area contributed by atoms with Crippen molar-refractivity contribution in [2.45, 2.75) is 73.3 Å². The van der Waals surface area contributed by atoms with Gasteiger partial charge < -0.3 is 20.4 Å². The smallest absolute Gasteiger partial charge is 0.203 e. The molecular formula is C30H36O7. The van der Waals surface area contributed by atoms with Crippen LogP contribution < -0.4 is 0 Å². The summed E-state index contributed by atoms with van der Waals surface area (Å²) in [5, 5.41) is 45.5. The summed E-state index contributed by atoms with van der Waals surface area (Å²) in [6, 6.07) is 3.25. The molecule has 198 valence electrons. The summed E-state index contributed by atoms with van der Waals surface area (Å²) in [4.78, 5) is 40.2. The number of carbonyl (C=O) groups excluding carboxylic acids is 3. The first-order chi connectivity index (χ1) is 17.1. The zero-order chi connectivity index (χ0) is 27.8. The van der Waals surface area contributed by atoms with Gasteiger partial charge in [0.1, 0.15) is 22.8 Å². The van der Waals surface area contributed by atoms with Gasteiger partial charge in [0, 0.05) is 22.3 Å². The Morgan fingerprint density at radius 1 is 1.14 bits per heavy atom. The number of rotatable bonds is 4. The highest BCUT2D eigenvalue weighted by Gasteiger charge is 2.72. The molecule has 4 rings (SSSR count). The van der Waals surface area contributed by atoms with Crippen molar-refractivity contribution >= 4 is 28.7 Å². The molecule has 1 aromatic carbocycles. The maximum atomic E-state index is 14.3. The van der Waals surface area contributed by atoms with Crippen molar-refractivity contribution in [1.29, 1.82) is 0 Å². The molecule has 37 heavy (non-hydrogen) atoms. The van der Waals surface area contributed by atoms with Crippen LogP contribution >= 0.6 is 0 Å². The van der Waals surface area contributed by atoms with Gasteiger partial charge in [0.2, 0.25) is 5.78 Å². The van der Waals surface area contributed by atoms with E-state index < -0.39 is 56.8 Å². The number of aliphatic hydroxyl groups is 3. The lowest BCUT2D eigenvalue weighted by Gasteiger charge is -2.59. The molecule has 0 spiro atoms.